The van der Waals surface area contributed by atoms with Crippen LogP contribution in [0.15, 0.2) is 42.5 Å². The van der Waals surface area contributed by atoms with Gasteiger partial charge in [0.2, 0.25) is 0 Å². The van der Waals surface area contributed by atoms with Crippen molar-refractivity contribution < 1.29 is 9.68 Å². The molecule has 0 bridgehead atoms. The van der Waals surface area contributed by atoms with E-state index in [1.54, 1.807) is 0 Å². The lowest BCUT2D eigenvalue weighted by Gasteiger charge is -2.19. The smallest absolute Gasteiger partial charge is 0.423 e. The summed E-state index contributed by atoms with van der Waals surface area (Å²) in [6.07, 6.45) is 2.91. The summed E-state index contributed by atoms with van der Waals surface area (Å²) in [5, 5.41) is 9.89. The molecule has 3 rings (SSSR count). The first-order valence-electron chi connectivity index (χ1n) is 7.20. The summed E-state index contributed by atoms with van der Waals surface area (Å²) in [5.41, 5.74) is 6.15. The summed E-state index contributed by atoms with van der Waals surface area (Å²) in [5.74, 6) is 0. The van der Waals surface area contributed by atoms with Gasteiger partial charge in [0, 0.05) is 6.61 Å². The quantitative estimate of drug-likeness (QED) is 0.861. The summed E-state index contributed by atoms with van der Waals surface area (Å²) in [6.45, 7) is 2.76. The molecule has 102 valence electrons. The number of hydrogen-bond donors (Lipinski definition) is 1. The van der Waals surface area contributed by atoms with Gasteiger partial charge in [-0.05, 0) is 53.9 Å². The number of benzene rings is 2. The van der Waals surface area contributed by atoms with Crippen LogP contribution in [0, 0.1) is 6.92 Å². The van der Waals surface area contributed by atoms with E-state index in [0.717, 1.165) is 24.7 Å². The van der Waals surface area contributed by atoms with Crippen LogP contribution < -0.4 is 5.46 Å². The summed E-state index contributed by atoms with van der Waals surface area (Å²) < 4.78 is 5.30. The average Bonchev–Trinajstić information content (AvgIpc) is 2.47. The lowest BCUT2D eigenvalue weighted by atomic mass is 9.73. The molecule has 1 N–H and O–H groups in total. The first-order valence-corrected chi connectivity index (χ1v) is 7.20. The Bertz CT molecular complexity index is 610. The molecule has 0 fully saturated rings. The second-order valence-corrected chi connectivity index (χ2v) is 5.43. The average molecular weight is 266 g/mol. The minimum Gasteiger partial charge on any atom is -0.423 e. The molecule has 1 aliphatic heterocycles. The maximum Gasteiger partial charge on any atom is 0.491 e. The summed E-state index contributed by atoms with van der Waals surface area (Å²) in [7, 11) is -0.753. The Morgan fingerprint density at radius 2 is 2.00 bits per heavy atom. The van der Waals surface area contributed by atoms with Gasteiger partial charge in [-0.1, -0.05) is 42.5 Å². The van der Waals surface area contributed by atoms with Gasteiger partial charge in [-0.15, -0.1) is 0 Å². The fourth-order valence-corrected chi connectivity index (χ4v) is 2.80. The maximum atomic E-state index is 9.89. The van der Waals surface area contributed by atoms with Gasteiger partial charge in [0.25, 0.3) is 0 Å². The predicted octanol–water partition coefficient (Wildman–Crippen LogP) is 2.04. The van der Waals surface area contributed by atoms with Gasteiger partial charge in [0.15, 0.2) is 0 Å². The van der Waals surface area contributed by atoms with Crippen molar-refractivity contribution in [1.82, 2.24) is 0 Å². The molecule has 0 saturated heterocycles. The fourth-order valence-electron chi connectivity index (χ4n) is 2.80. The number of aryl methyl sites for hydroxylation is 3. The van der Waals surface area contributed by atoms with Crippen LogP contribution in [0.4, 0.5) is 0 Å². The molecule has 3 heteroatoms. The van der Waals surface area contributed by atoms with Crippen molar-refractivity contribution in [2.75, 3.05) is 6.61 Å². The Hall–Kier alpha value is -1.58. The molecule has 2 aromatic rings. The monoisotopic (exact) mass is 266 g/mol. The molecule has 0 spiro atoms. The van der Waals surface area contributed by atoms with E-state index in [9.17, 15) is 5.02 Å². The summed E-state index contributed by atoms with van der Waals surface area (Å²) in [6, 6.07) is 14.9. The van der Waals surface area contributed by atoms with Crippen LogP contribution in [0.3, 0.4) is 0 Å². The Morgan fingerprint density at radius 1 is 1.15 bits per heavy atom. The molecule has 20 heavy (non-hydrogen) atoms. The molecular weight excluding hydrogens is 247 g/mol. The fraction of sp³-hybridized carbons (Fsp3) is 0.294. The van der Waals surface area contributed by atoms with Crippen LogP contribution in [-0.2, 0) is 23.9 Å². The molecule has 0 atom stereocenters. The third-order valence-corrected chi connectivity index (χ3v) is 4.07. The van der Waals surface area contributed by atoms with Gasteiger partial charge in [-0.25, -0.2) is 0 Å². The predicted molar refractivity (Wildman–Crippen MR) is 82.3 cm³/mol. The Labute approximate surface area is 120 Å². The first kappa shape index (κ1) is 13.4. The molecule has 0 aliphatic carbocycles. The van der Waals surface area contributed by atoms with Crippen molar-refractivity contribution in [3.63, 3.8) is 0 Å². The van der Waals surface area contributed by atoms with Crippen molar-refractivity contribution in [2.24, 2.45) is 0 Å². The normalized spacial score (nSPS) is 14.2. The zero-order chi connectivity index (χ0) is 13.9. The molecule has 0 unspecified atom stereocenters. The second kappa shape index (κ2) is 5.82. The second-order valence-electron chi connectivity index (χ2n) is 5.43. The minimum absolute atomic E-state index is 0.608. The van der Waals surface area contributed by atoms with Gasteiger partial charge < -0.3 is 9.68 Å². The van der Waals surface area contributed by atoms with Crippen LogP contribution >= 0.6 is 0 Å². The summed E-state index contributed by atoms with van der Waals surface area (Å²) in [4.78, 5) is 0. The molecular formula is C17H19BO2. The van der Waals surface area contributed by atoms with Crippen LogP contribution in [0.1, 0.15) is 22.3 Å². The number of fused-ring (bicyclic) bond motifs is 1. The third kappa shape index (κ3) is 2.79. The van der Waals surface area contributed by atoms with E-state index < -0.39 is 7.12 Å². The van der Waals surface area contributed by atoms with Gasteiger partial charge in [0.05, 0.1) is 0 Å². The van der Waals surface area contributed by atoms with Crippen molar-refractivity contribution >= 4 is 12.6 Å². The van der Waals surface area contributed by atoms with E-state index in [-0.39, 0.29) is 0 Å². The zero-order valence-electron chi connectivity index (χ0n) is 11.8. The van der Waals surface area contributed by atoms with Gasteiger partial charge in [0.1, 0.15) is 0 Å². The Balaban J connectivity index is 1.75. The largest absolute Gasteiger partial charge is 0.491 e. The highest BCUT2D eigenvalue weighted by molar-refractivity contribution is 6.60. The van der Waals surface area contributed by atoms with Crippen molar-refractivity contribution in [1.29, 1.82) is 0 Å². The SMILES string of the molecule is Cc1ccccc1CCc1ccc2c(c1)B(O)OCC2. The molecule has 1 heterocycles. The van der Waals surface area contributed by atoms with Crippen molar-refractivity contribution in [2.45, 2.75) is 26.2 Å². The molecule has 2 aromatic carbocycles. The van der Waals surface area contributed by atoms with Crippen LogP contribution in [0.5, 0.6) is 0 Å². The standard InChI is InChI=1S/C17H19BO2/c1-13-4-2-3-5-15(13)8-6-14-7-9-16-10-11-20-18(19)17(16)12-14/h2-5,7,9,12,19H,6,8,10-11H2,1H3. The highest BCUT2D eigenvalue weighted by Crippen LogP contribution is 2.13. The lowest BCUT2D eigenvalue weighted by Crippen LogP contribution is -2.41. The first-order chi connectivity index (χ1) is 9.74. The van der Waals surface area contributed by atoms with Crippen LogP contribution in [0.2, 0.25) is 0 Å². The highest BCUT2D eigenvalue weighted by atomic mass is 16.5. The Kier molecular flexibility index (Phi) is 3.90. The van der Waals surface area contributed by atoms with E-state index in [1.165, 1.54) is 22.3 Å². The van der Waals surface area contributed by atoms with E-state index in [1.807, 2.05) is 0 Å². The molecule has 0 radical (unpaired) electrons. The van der Waals surface area contributed by atoms with E-state index in [4.69, 9.17) is 4.65 Å². The zero-order valence-corrected chi connectivity index (χ0v) is 11.8. The topological polar surface area (TPSA) is 29.5 Å². The van der Waals surface area contributed by atoms with Crippen LogP contribution in [-0.4, -0.2) is 18.7 Å². The molecule has 0 saturated carbocycles. The third-order valence-electron chi connectivity index (χ3n) is 4.07. The molecule has 0 aromatic heterocycles. The summed E-state index contributed by atoms with van der Waals surface area (Å²) >= 11 is 0. The van der Waals surface area contributed by atoms with E-state index in [2.05, 4.69) is 49.4 Å². The van der Waals surface area contributed by atoms with Crippen molar-refractivity contribution in [3.8, 4) is 0 Å². The number of hydrogen-bond acceptors (Lipinski definition) is 2. The van der Waals surface area contributed by atoms with Gasteiger partial charge in [-0.2, -0.15) is 0 Å². The molecule has 0 amide bonds. The van der Waals surface area contributed by atoms with E-state index in [0.29, 0.717) is 6.61 Å². The van der Waals surface area contributed by atoms with Crippen LogP contribution in [0.25, 0.3) is 0 Å². The molecule has 2 nitrogen and oxygen atoms in total. The van der Waals surface area contributed by atoms with Crippen molar-refractivity contribution in [3.05, 3.63) is 64.7 Å². The number of rotatable bonds is 3. The lowest BCUT2D eigenvalue weighted by molar-refractivity contribution is 0.266. The highest BCUT2D eigenvalue weighted by Gasteiger charge is 2.24. The Morgan fingerprint density at radius 3 is 2.85 bits per heavy atom. The minimum atomic E-state index is -0.753. The maximum absolute atomic E-state index is 9.89. The molecule has 1 aliphatic rings. The van der Waals surface area contributed by atoms with Gasteiger partial charge in [-0.3, -0.25) is 0 Å². The van der Waals surface area contributed by atoms with E-state index >= 15 is 0 Å². The van der Waals surface area contributed by atoms with Gasteiger partial charge >= 0.3 is 7.12 Å².